The summed E-state index contributed by atoms with van der Waals surface area (Å²) in [5.41, 5.74) is 2.85. The van der Waals surface area contributed by atoms with Crippen LogP contribution in [0.25, 0.3) is 0 Å². The van der Waals surface area contributed by atoms with Crippen LogP contribution in [0.2, 0.25) is 0 Å². The number of nitrogens with one attached hydrogen (secondary N) is 2. The molecule has 1 aromatic carbocycles. The van der Waals surface area contributed by atoms with E-state index in [1.165, 1.54) is 7.11 Å². The van der Waals surface area contributed by atoms with Crippen molar-refractivity contribution in [1.82, 2.24) is 0 Å². The van der Waals surface area contributed by atoms with E-state index in [0.29, 0.717) is 29.4 Å². The van der Waals surface area contributed by atoms with Gasteiger partial charge in [-0.1, -0.05) is 25.5 Å². The lowest BCUT2D eigenvalue weighted by atomic mass is 10.2. The van der Waals surface area contributed by atoms with Gasteiger partial charge < -0.3 is 20.1 Å². The van der Waals surface area contributed by atoms with Gasteiger partial charge in [0.05, 0.1) is 24.1 Å². The molecule has 1 amide bonds. The highest BCUT2D eigenvalue weighted by molar-refractivity contribution is 8.00. The van der Waals surface area contributed by atoms with E-state index in [9.17, 15) is 9.59 Å². The van der Waals surface area contributed by atoms with Gasteiger partial charge in [0.1, 0.15) is 6.61 Å². The Morgan fingerprint density at radius 2 is 1.96 bits per heavy atom. The second-order valence-electron chi connectivity index (χ2n) is 5.57. The minimum Gasteiger partial charge on any atom is -0.466 e. The zero-order valence-corrected chi connectivity index (χ0v) is 15.4. The van der Waals surface area contributed by atoms with E-state index >= 15 is 0 Å². The monoisotopic (exact) mass is 364 g/mol. The average molecular weight is 364 g/mol. The Morgan fingerprint density at radius 1 is 1.20 bits per heavy atom. The van der Waals surface area contributed by atoms with E-state index in [4.69, 9.17) is 9.47 Å². The number of anilines is 2. The van der Waals surface area contributed by atoms with Crippen molar-refractivity contribution in [2.75, 3.05) is 42.5 Å². The molecular formula is C18H24N2O4S. The molecule has 1 aliphatic rings. The van der Waals surface area contributed by atoms with E-state index in [-0.39, 0.29) is 18.5 Å². The van der Waals surface area contributed by atoms with Crippen LogP contribution in [0.4, 0.5) is 11.4 Å². The number of methoxy groups -OCH3 is 1. The van der Waals surface area contributed by atoms with Crippen LogP contribution in [0.5, 0.6) is 0 Å². The molecule has 1 aliphatic heterocycles. The Labute approximate surface area is 152 Å². The predicted molar refractivity (Wildman–Crippen MR) is 101 cm³/mol. The fourth-order valence-corrected chi connectivity index (χ4v) is 3.36. The van der Waals surface area contributed by atoms with E-state index in [1.807, 2.05) is 24.3 Å². The topological polar surface area (TPSA) is 76.7 Å². The molecule has 0 aliphatic carbocycles. The van der Waals surface area contributed by atoms with Crippen LogP contribution in [0.3, 0.4) is 0 Å². The van der Waals surface area contributed by atoms with E-state index in [0.717, 1.165) is 24.2 Å². The minimum atomic E-state index is -0.321. The van der Waals surface area contributed by atoms with Crippen molar-refractivity contribution in [1.29, 1.82) is 0 Å². The smallest absolute Gasteiger partial charge is 0.336 e. The van der Waals surface area contributed by atoms with Crippen molar-refractivity contribution in [3.05, 3.63) is 35.5 Å². The van der Waals surface area contributed by atoms with Crippen molar-refractivity contribution >= 4 is 35.0 Å². The molecule has 0 fully saturated rings. The molecule has 0 unspecified atom stereocenters. The largest absolute Gasteiger partial charge is 0.466 e. The summed E-state index contributed by atoms with van der Waals surface area (Å²) < 4.78 is 10.2. The number of para-hydroxylation sites is 2. The predicted octanol–water partition coefficient (Wildman–Crippen LogP) is 3.03. The van der Waals surface area contributed by atoms with Gasteiger partial charge in [0, 0.05) is 23.8 Å². The quantitative estimate of drug-likeness (QED) is 0.518. The number of carbonyl (C=O) groups is 2. The summed E-state index contributed by atoms with van der Waals surface area (Å²) >= 11 is 1.64. The highest BCUT2D eigenvalue weighted by Gasteiger charge is 2.22. The first kappa shape index (κ1) is 19.3. The van der Waals surface area contributed by atoms with Gasteiger partial charge in [0.15, 0.2) is 0 Å². The lowest BCUT2D eigenvalue weighted by molar-refractivity contribution is -0.136. The Hall–Kier alpha value is -1.99. The zero-order valence-electron chi connectivity index (χ0n) is 14.6. The maximum absolute atomic E-state index is 12.0. The highest BCUT2D eigenvalue weighted by Crippen LogP contribution is 2.29. The number of thioether (sulfide) groups is 1. The van der Waals surface area contributed by atoms with E-state index in [1.54, 1.807) is 11.8 Å². The summed E-state index contributed by atoms with van der Waals surface area (Å²) in [5.74, 6) is 0.799. The normalized spacial score (nSPS) is 13.7. The number of carbonyl (C=O) groups excluding carboxylic acids is 2. The first-order valence-corrected chi connectivity index (χ1v) is 9.43. The Kier molecular flexibility index (Phi) is 7.81. The Morgan fingerprint density at radius 3 is 2.68 bits per heavy atom. The molecule has 1 aromatic rings. The summed E-state index contributed by atoms with van der Waals surface area (Å²) in [6.07, 6.45) is 1.97. The van der Waals surface area contributed by atoms with Gasteiger partial charge in [-0.25, -0.2) is 4.79 Å². The minimum absolute atomic E-state index is 0.0281. The van der Waals surface area contributed by atoms with Crippen molar-refractivity contribution in [2.24, 2.45) is 0 Å². The van der Waals surface area contributed by atoms with E-state index < -0.39 is 0 Å². The summed E-state index contributed by atoms with van der Waals surface area (Å²) in [5, 5.41) is 6.11. The van der Waals surface area contributed by atoms with Crippen LogP contribution in [-0.2, 0) is 19.1 Å². The third-order valence-electron chi connectivity index (χ3n) is 3.65. The third kappa shape index (κ3) is 5.79. The molecule has 0 atom stereocenters. The highest BCUT2D eigenvalue weighted by atomic mass is 32.2. The van der Waals surface area contributed by atoms with Crippen molar-refractivity contribution in [2.45, 2.75) is 19.8 Å². The number of amides is 1. The molecular weight excluding hydrogens is 340 g/mol. The second-order valence-corrected chi connectivity index (χ2v) is 6.55. The molecule has 0 bridgehead atoms. The number of hydrogen-bond acceptors (Lipinski definition) is 6. The van der Waals surface area contributed by atoms with Gasteiger partial charge in [0.25, 0.3) is 0 Å². The molecule has 0 spiro atoms. The van der Waals surface area contributed by atoms with Crippen LogP contribution in [0.1, 0.15) is 19.8 Å². The maximum Gasteiger partial charge on any atom is 0.336 e. The van der Waals surface area contributed by atoms with Crippen LogP contribution in [0.15, 0.2) is 35.5 Å². The maximum atomic E-state index is 12.0. The fourth-order valence-electron chi connectivity index (χ4n) is 2.31. The van der Waals surface area contributed by atoms with Gasteiger partial charge in [-0.2, -0.15) is 11.8 Å². The molecule has 0 aromatic heterocycles. The number of ether oxygens (including phenoxy) is 2. The molecule has 2 N–H and O–H groups in total. The van der Waals surface area contributed by atoms with Crippen LogP contribution >= 0.6 is 11.8 Å². The first-order chi connectivity index (χ1) is 12.2. The number of rotatable bonds is 9. The zero-order chi connectivity index (χ0) is 18.1. The molecule has 6 nitrogen and oxygen atoms in total. The van der Waals surface area contributed by atoms with Gasteiger partial charge in [-0.05, 0) is 18.6 Å². The fraction of sp³-hybridized carbons (Fsp3) is 0.444. The van der Waals surface area contributed by atoms with Crippen molar-refractivity contribution < 1.29 is 19.1 Å². The van der Waals surface area contributed by atoms with Gasteiger partial charge in [-0.3, -0.25) is 4.79 Å². The standard InChI is InChI=1S/C18H24N2O4S/c1-3-4-9-24-10-17(21)20-15-8-6-5-7-14(15)19-16-12-25-11-13(16)18(22)23-2/h5-8,19H,3-4,9-12H2,1-2H3,(H,20,21). The molecule has 1 heterocycles. The number of unbranched alkanes of at least 4 members (excludes halogenated alkanes) is 1. The van der Waals surface area contributed by atoms with Gasteiger partial charge in [0.2, 0.25) is 5.91 Å². The lowest BCUT2D eigenvalue weighted by Gasteiger charge is -2.14. The average Bonchev–Trinajstić information content (AvgIpc) is 3.08. The SMILES string of the molecule is CCCCOCC(=O)Nc1ccccc1NC1=C(C(=O)OC)CSC1. The lowest BCUT2D eigenvalue weighted by Crippen LogP contribution is -2.20. The summed E-state index contributed by atoms with van der Waals surface area (Å²) in [6, 6.07) is 7.39. The van der Waals surface area contributed by atoms with Crippen LogP contribution in [-0.4, -0.2) is 43.7 Å². The number of hydrogen-bond donors (Lipinski definition) is 2. The summed E-state index contributed by atoms with van der Waals surface area (Å²) in [7, 11) is 1.38. The number of benzene rings is 1. The van der Waals surface area contributed by atoms with Gasteiger partial charge >= 0.3 is 5.97 Å². The summed E-state index contributed by atoms with van der Waals surface area (Å²) in [4.78, 5) is 23.9. The molecule has 0 radical (unpaired) electrons. The molecule has 136 valence electrons. The third-order valence-corrected chi connectivity index (χ3v) is 4.64. The van der Waals surface area contributed by atoms with E-state index in [2.05, 4.69) is 17.6 Å². The van der Waals surface area contributed by atoms with Crippen molar-refractivity contribution in [3.8, 4) is 0 Å². The van der Waals surface area contributed by atoms with Gasteiger partial charge in [-0.15, -0.1) is 0 Å². The van der Waals surface area contributed by atoms with Crippen molar-refractivity contribution in [3.63, 3.8) is 0 Å². The Bertz CT molecular complexity index is 646. The molecule has 25 heavy (non-hydrogen) atoms. The molecule has 7 heteroatoms. The second kappa shape index (κ2) is 10.1. The molecule has 0 saturated heterocycles. The summed E-state index contributed by atoms with van der Waals surface area (Å²) in [6.45, 7) is 2.68. The first-order valence-electron chi connectivity index (χ1n) is 8.27. The molecule has 2 rings (SSSR count). The van der Waals surface area contributed by atoms with Crippen LogP contribution in [0, 0.1) is 0 Å². The molecule has 0 saturated carbocycles. The number of esters is 1. The van der Waals surface area contributed by atoms with Crippen LogP contribution < -0.4 is 10.6 Å². The Balaban J connectivity index is 2.03.